The summed E-state index contributed by atoms with van der Waals surface area (Å²) >= 11 is 0. The topological polar surface area (TPSA) is 38.8 Å². The van der Waals surface area contributed by atoms with Crippen molar-refractivity contribution in [2.24, 2.45) is 0 Å². The Hall–Kier alpha value is -2.49. The molecular formula is C20H23NO3. The normalized spacial score (nSPS) is 16.9. The molecule has 1 heterocycles. The van der Waals surface area contributed by atoms with Gasteiger partial charge in [0.05, 0.1) is 13.2 Å². The summed E-state index contributed by atoms with van der Waals surface area (Å²) in [6.45, 7) is 4.67. The maximum Gasteiger partial charge on any atom is 0.264 e. The second-order valence-electron chi connectivity index (χ2n) is 6.00. The van der Waals surface area contributed by atoms with Crippen LogP contribution < -0.4 is 9.47 Å². The van der Waals surface area contributed by atoms with Crippen LogP contribution in [0, 0.1) is 0 Å². The van der Waals surface area contributed by atoms with E-state index in [1.807, 2.05) is 67.3 Å². The number of nitrogens with zero attached hydrogens (tertiary/aromatic N) is 1. The van der Waals surface area contributed by atoms with Crippen molar-refractivity contribution in [3.05, 3.63) is 59.7 Å². The average Bonchev–Trinajstić information content (AvgIpc) is 3.06. The van der Waals surface area contributed by atoms with Gasteiger partial charge >= 0.3 is 0 Å². The molecule has 24 heavy (non-hydrogen) atoms. The minimum atomic E-state index is -0.435. The van der Waals surface area contributed by atoms with E-state index in [0.29, 0.717) is 13.0 Å². The number of likely N-dealkylation sites (N-methyl/N-ethyl adjacent to an activating group) is 1. The number of methoxy groups -OCH3 is 1. The molecule has 126 valence electrons. The molecule has 2 unspecified atom stereocenters. The summed E-state index contributed by atoms with van der Waals surface area (Å²) in [6.07, 6.45) is 0.200. The van der Waals surface area contributed by atoms with Crippen LogP contribution in [0.15, 0.2) is 48.5 Å². The van der Waals surface area contributed by atoms with Crippen molar-refractivity contribution >= 4 is 5.91 Å². The molecule has 1 aliphatic rings. The van der Waals surface area contributed by atoms with Crippen LogP contribution in [0.2, 0.25) is 0 Å². The highest BCUT2D eigenvalue weighted by molar-refractivity contribution is 5.83. The number of hydrogen-bond donors (Lipinski definition) is 0. The van der Waals surface area contributed by atoms with Crippen LogP contribution in [0.5, 0.6) is 11.5 Å². The summed E-state index contributed by atoms with van der Waals surface area (Å²) in [4.78, 5) is 14.9. The van der Waals surface area contributed by atoms with Crippen molar-refractivity contribution in [2.75, 3.05) is 13.7 Å². The summed E-state index contributed by atoms with van der Waals surface area (Å²) < 4.78 is 11.2. The first-order valence-corrected chi connectivity index (χ1v) is 8.33. The van der Waals surface area contributed by atoms with Crippen LogP contribution in [0.1, 0.15) is 31.0 Å². The molecule has 2 atom stereocenters. The van der Waals surface area contributed by atoms with Gasteiger partial charge in [0.2, 0.25) is 0 Å². The van der Waals surface area contributed by atoms with E-state index in [2.05, 4.69) is 0 Å². The molecule has 4 heteroatoms. The summed E-state index contributed by atoms with van der Waals surface area (Å²) in [5.41, 5.74) is 2.15. The molecule has 1 aliphatic heterocycles. The van der Waals surface area contributed by atoms with Crippen LogP contribution in [0.4, 0.5) is 0 Å². The predicted molar refractivity (Wildman–Crippen MR) is 93.4 cm³/mol. The molecule has 0 radical (unpaired) electrons. The molecule has 0 bridgehead atoms. The zero-order chi connectivity index (χ0) is 17.1. The Morgan fingerprint density at radius 2 is 2.08 bits per heavy atom. The smallest absolute Gasteiger partial charge is 0.264 e. The van der Waals surface area contributed by atoms with Gasteiger partial charge in [0.25, 0.3) is 5.91 Å². The van der Waals surface area contributed by atoms with Gasteiger partial charge in [0, 0.05) is 13.0 Å². The molecule has 0 N–H and O–H groups in total. The number of amides is 1. The fourth-order valence-electron chi connectivity index (χ4n) is 3.21. The lowest BCUT2D eigenvalue weighted by Gasteiger charge is -2.30. The first-order chi connectivity index (χ1) is 11.6. The lowest BCUT2D eigenvalue weighted by atomic mass is 10.0. The second kappa shape index (κ2) is 6.95. The maximum atomic E-state index is 13.0. The molecule has 3 rings (SSSR count). The van der Waals surface area contributed by atoms with Crippen molar-refractivity contribution in [3.63, 3.8) is 0 Å². The summed E-state index contributed by atoms with van der Waals surface area (Å²) in [5.74, 6) is 1.65. The fraction of sp³-hybridized carbons (Fsp3) is 0.350. The number of rotatable bonds is 5. The van der Waals surface area contributed by atoms with Gasteiger partial charge in [0.15, 0.2) is 6.10 Å². The number of para-hydroxylation sites is 1. The van der Waals surface area contributed by atoms with Gasteiger partial charge in [-0.05, 0) is 43.2 Å². The first-order valence-electron chi connectivity index (χ1n) is 8.33. The maximum absolute atomic E-state index is 13.0. The third-order valence-corrected chi connectivity index (χ3v) is 4.59. The Morgan fingerprint density at radius 3 is 2.79 bits per heavy atom. The highest BCUT2D eigenvalue weighted by Gasteiger charge is 2.33. The van der Waals surface area contributed by atoms with E-state index in [-0.39, 0.29) is 11.9 Å². The van der Waals surface area contributed by atoms with E-state index < -0.39 is 6.10 Å². The number of carbonyl (C=O) groups is 1. The predicted octanol–water partition coefficient (Wildman–Crippen LogP) is 3.61. The molecule has 0 aliphatic carbocycles. The van der Waals surface area contributed by atoms with E-state index in [1.165, 1.54) is 0 Å². The molecule has 0 fully saturated rings. The van der Waals surface area contributed by atoms with E-state index in [0.717, 1.165) is 22.6 Å². The second-order valence-corrected chi connectivity index (χ2v) is 6.00. The molecule has 2 aromatic rings. The molecule has 0 saturated carbocycles. The molecular weight excluding hydrogens is 302 g/mol. The van der Waals surface area contributed by atoms with Crippen LogP contribution in [-0.2, 0) is 11.2 Å². The van der Waals surface area contributed by atoms with E-state index >= 15 is 0 Å². The van der Waals surface area contributed by atoms with E-state index in [1.54, 1.807) is 7.11 Å². The van der Waals surface area contributed by atoms with Gasteiger partial charge < -0.3 is 14.4 Å². The fourth-order valence-corrected chi connectivity index (χ4v) is 3.21. The lowest BCUT2D eigenvalue weighted by Crippen LogP contribution is -2.42. The summed E-state index contributed by atoms with van der Waals surface area (Å²) in [7, 11) is 1.65. The molecule has 0 spiro atoms. The molecule has 2 aromatic carbocycles. The van der Waals surface area contributed by atoms with Gasteiger partial charge in [-0.2, -0.15) is 0 Å². The first kappa shape index (κ1) is 16.4. The molecule has 0 saturated heterocycles. The van der Waals surface area contributed by atoms with Crippen molar-refractivity contribution in [1.29, 1.82) is 0 Å². The van der Waals surface area contributed by atoms with Crippen molar-refractivity contribution in [3.8, 4) is 11.5 Å². The SMILES string of the molecule is CCN(C(=O)C1Cc2ccccc2O1)C(C)c1cccc(OC)c1. The van der Waals surface area contributed by atoms with Crippen LogP contribution in [0.3, 0.4) is 0 Å². The Labute approximate surface area is 143 Å². The third kappa shape index (κ3) is 3.09. The quantitative estimate of drug-likeness (QED) is 0.843. The zero-order valence-electron chi connectivity index (χ0n) is 14.4. The standard InChI is InChI=1S/C20H23NO3/c1-4-21(14(2)15-9-7-10-17(12-15)23-3)20(22)19-13-16-8-5-6-11-18(16)24-19/h5-12,14,19H,4,13H2,1-3H3. The van der Waals surface area contributed by atoms with Crippen molar-refractivity contribution < 1.29 is 14.3 Å². The molecule has 4 nitrogen and oxygen atoms in total. The van der Waals surface area contributed by atoms with Gasteiger partial charge in [-0.1, -0.05) is 30.3 Å². The Kier molecular flexibility index (Phi) is 4.74. The molecule has 0 aromatic heterocycles. The lowest BCUT2D eigenvalue weighted by molar-refractivity contribution is -0.140. The number of benzene rings is 2. The zero-order valence-corrected chi connectivity index (χ0v) is 14.4. The summed E-state index contributed by atoms with van der Waals surface area (Å²) in [5, 5.41) is 0. The van der Waals surface area contributed by atoms with Crippen molar-refractivity contribution in [2.45, 2.75) is 32.4 Å². The number of fused-ring (bicyclic) bond motifs is 1. The average molecular weight is 325 g/mol. The Balaban J connectivity index is 1.77. The Morgan fingerprint density at radius 1 is 1.29 bits per heavy atom. The van der Waals surface area contributed by atoms with Crippen LogP contribution in [0.25, 0.3) is 0 Å². The van der Waals surface area contributed by atoms with E-state index in [4.69, 9.17) is 9.47 Å². The van der Waals surface area contributed by atoms with Crippen LogP contribution >= 0.6 is 0 Å². The highest BCUT2D eigenvalue weighted by Crippen LogP contribution is 2.31. The highest BCUT2D eigenvalue weighted by atomic mass is 16.5. The number of hydrogen-bond acceptors (Lipinski definition) is 3. The number of carbonyl (C=O) groups excluding carboxylic acids is 1. The monoisotopic (exact) mass is 325 g/mol. The summed E-state index contributed by atoms with van der Waals surface area (Å²) in [6, 6.07) is 15.7. The van der Waals surface area contributed by atoms with E-state index in [9.17, 15) is 4.79 Å². The minimum Gasteiger partial charge on any atom is -0.497 e. The Bertz CT molecular complexity index is 703. The number of ether oxygens (including phenoxy) is 2. The van der Waals surface area contributed by atoms with Gasteiger partial charge in [0.1, 0.15) is 11.5 Å². The molecule has 1 amide bonds. The van der Waals surface area contributed by atoms with Crippen molar-refractivity contribution in [1.82, 2.24) is 4.90 Å². The largest absolute Gasteiger partial charge is 0.497 e. The van der Waals surface area contributed by atoms with Gasteiger partial charge in [-0.15, -0.1) is 0 Å². The van der Waals surface area contributed by atoms with Crippen LogP contribution in [-0.4, -0.2) is 30.6 Å². The van der Waals surface area contributed by atoms with Gasteiger partial charge in [-0.25, -0.2) is 0 Å². The third-order valence-electron chi connectivity index (χ3n) is 4.59. The van der Waals surface area contributed by atoms with Gasteiger partial charge in [-0.3, -0.25) is 4.79 Å². The minimum absolute atomic E-state index is 0.0315.